The fraction of sp³-hybridized carbons (Fsp3) is 0.909. The molecule has 3 aliphatic heterocycles. The van der Waals surface area contributed by atoms with Crippen molar-refractivity contribution in [1.82, 2.24) is 20.4 Å². The average Bonchev–Trinajstić information content (AvgIpc) is 3.35. The number of urea groups is 1. The molecule has 0 bridgehead atoms. The lowest BCUT2D eigenvalue weighted by Crippen LogP contribution is -2.61. The summed E-state index contributed by atoms with van der Waals surface area (Å²) in [7, 11) is 0. The Morgan fingerprint density at radius 3 is 2.55 bits per heavy atom. The van der Waals surface area contributed by atoms with Gasteiger partial charge in [-0.2, -0.15) is 0 Å². The maximum Gasteiger partial charge on any atom is 0.317 e. The molecule has 4 rings (SSSR count). The van der Waals surface area contributed by atoms with Crippen LogP contribution >= 0.6 is 0 Å². The molecule has 4 fully saturated rings. The fourth-order valence-electron chi connectivity index (χ4n) is 6.25. The number of esters is 1. The first-order valence-corrected chi connectivity index (χ1v) is 11.8. The van der Waals surface area contributed by atoms with E-state index in [9.17, 15) is 9.59 Å². The summed E-state index contributed by atoms with van der Waals surface area (Å²) in [5.41, 5.74) is 0.166. The lowest BCUT2D eigenvalue weighted by Gasteiger charge is -2.52. The summed E-state index contributed by atoms with van der Waals surface area (Å²) in [5.74, 6) is 0.641. The molecule has 2 atom stereocenters. The average molecular weight is 407 g/mol. The van der Waals surface area contributed by atoms with Crippen molar-refractivity contribution >= 4 is 12.0 Å². The first-order valence-electron chi connectivity index (χ1n) is 11.8. The number of carbonyl (C=O) groups excluding carboxylic acids is 2. The third-order valence-electron chi connectivity index (χ3n) is 7.76. The molecule has 1 spiro atoms. The van der Waals surface area contributed by atoms with Crippen LogP contribution < -0.4 is 10.6 Å². The van der Waals surface area contributed by atoms with E-state index in [0.29, 0.717) is 31.2 Å². The van der Waals surface area contributed by atoms with Gasteiger partial charge in [0.2, 0.25) is 0 Å². The van der Waals surface area contributed by atoms with Gasteiger partial charge in [0.25, 0.3) is 0 Å². The number of ether oxygens (including phenoxy) is 1. The molecule has 7 heteroatoms. The van der Waals surface area contributed by atoms with Gasteiger partial charge in [-0.1, -0.05) is 0 Å². The number of amides is 2. The van der Waals surface area contributed by atoms with Crippen molar-refractivity contribution in [3.05, 3.63) is 0 Å². The van der Waals surface area contributed by atoms with Gasteiger partial charge in [-0.05, 0) is 77.8 Å². The van der Waals surface area contributed by atoms with Crippen LogP contribution in [0.4, 0.5) is 4.79 Å². The van der Waals surface area contributed by atoms with E-state index in [0.717, 1.165) is 58.3 Å². The van der Waals surface area contributed by atoms with Gasteiger partial charge in [-0.25, -0.2) is 4.79 Å². The summed E-state index contributed by atoms with van der Waals surface area (Å²) < 4.78 is 5.21. The van der Waals surface area contributed by atoms with Crippen LogP contribution in [0.3, 0.4) is 0 Å². The van der Waals surface area contributed by atoms with Gasteiger partial charge in [-0.15, -0.1) is 0 Å². The summed E-state index contributed by atoms with van der Waals surface area (Å²) in [5, 5.41) is 6.62. The van der Waals surface area contributed by atoms with Crippen LogP contribution in [0.2, 0.25) is 0 Å². The molecule has 3 saturated heterocycles. The van der Waals surface area contributed by atoms with Crippen molar-refractivity contribution in [3.8, 4) is 0 Å². The molecule has 0 aromatic rings. The number of nitrogens with zero attached hydrogens (tertiary/aromatic N) is 2. The van der Waals surface area contributed by atoms with E-state index in [1.54, 1.807) is 0 Å². The zero-order valence-electron chi connectivity index (χ0n) is 18.1. The first kappa shape index (κ1) is 20.9. The van der Waals surface area contributed by atoms with E-state index >= 15 is 0 Å². The largest absolute Gasteiger partial charge is 0.466 e. The van der Waals surface area contributed by atoms with Gasteiger partial charge >= 0.3 is 12.0 Å². The van der Waals surface area contributed by atoms with Crippen LogP contribution in [0.1, 0.15) is 58.8 Å². The van der Waals surface area contributed by atoms with E-state index in [1.807, 2.05) is 13.8 Å². The second-order valence-electron chi connectivity index (χ2n) is 9.49. The molecule has 29 heavy (non-hydrogen) atoms. The van der Waals surface area contributed by atoms with E-state index in [4.69, 9.17) is 4.74 Å². The van der Waals surface area contributed by atoms with Crippen molar-refractivity contribution < 1.29 is 14.3 Å². The third-order valence-corrected chi connectivity index (χ3v) is 7.76. The van der Waals surface area contributed by atoms with Crippen LogP contribution in [0, 0.1) is 11.8 Å². The maximum atomic E-state index is 12.3. The highest BCUT2D eigenvalue weighted by Crippen LogP contribution is 2.45. The van der Waals surface area contributed by atoms with Gasteiger partial charge in [0.15, 0.2) is 0 Å². The quantitative estimate of drug-likeness (QED) is 0.683. The topological polar surface area (TPSA) is 73.9 Å². The monoisotopic (exact) mass is 406 g/mol. The highest BCUT2D eigenvalue weighted by atomic mass is 16.5. The van der Waals surface area contributed by atoms with Crippen molar-refractivity contribution in [2.75, 3.05) is 39.3 Å². The molecule has 2 amide bonds. The second kappa shape index (κ2) is 8.80. The van der Waals surface area contributed by atoms with Crippen molar-refractivity contribution in [2.24, 2.45) is 11.8 Å². The molecule has 1 saturated carbocycles. The first-order chi connectivity index (χ1) is 14.0. The molecule has 164 valence electrons. The summed E-state index contributed by atoms with van der Waals surface area (Å²) in [6.45, 7) is 9.01. The lowest BCUT2D eigenvalue weighted by atomic mass is 9.69. The summed E-state index contributed by atoms with van der Waals surface area (Å²) in [6, 6.07) is 1.20. The van der Waals surface area contributed by atoms with Crippen molar-refractivity contribution in [3.63, 3.8) is 0 Å². The molecule has 2 N–H and O–H groups in total. The molecule has 1 aliphatic carbocycles. The van der Waals surface area contributed by atoms with Crippen LogP contribution in [0.25, 0.3) is 0 Å². The maximum absolute atomic E-state index is 12.3. The number of hydrogen-bond acceptors (Lipinski definition) is 5. The Kier molecular flexibility index (Phi) is 6.35. The molecule has 0 aromatic heterocycles. The van der Waals surface area contributed by atoms with Crippen molar-refractivity contribution in [2.45, 2.75) is 76.4 Å². The summed E-state index contributed by atoms with van der Waals surface area (Å²) in [6.07, 6.45) is 7.94. The standard InChI is InChI=1S/C22H38N4O3/c1-3-23-21(28)26-9-5-6-19(26)16-7-10-25(11-8-16)18-13-22(14-18)12-17(15-24-22)20(27)29-4-2/h16-19,24H,3-15H2,1-2H3,(H,23,28). The normalized spacial score (nSPS) is 35.7. The number of nitrogens with one attached hydrogen (secondary N) is 2. The Bertz CT molecular complexity index is 599. The number of piperidine rings is 1. The van der Waals surface area contributed by atoms with Gasteiger partial charge in [-0.3, -0.25) is 4.79 Å². The Balaban J connectivity index is 1.22. The van der Waals surface area contributed by atoms with Gasteiger partial charge in [0.05, 0.1) is 12.5 Å². The lowest BCUT2D eigenvalue weighted by molar-refractivity contribution is -0.147. The minimum absolute atomic E-state index is 0.0317. The predicted octanol–water partition coefficient (Wildman–Crippen LogP) is 1.97. The second-order valence-corrected chi connectivity index (χ2v) is 9.49. The fourth-order valence-corrected chi connectivity index (χ4v) is 6.25. The molecule has 4 aliphatic rings. The zero-order valence-corrected chi connectivity index (χ0v) is 18.1. The van der Waals surface area contributed by atoms with Crippen LogP contribution in [0.15, 0.2) is 0 Å². The number of hydrogen-bond donors (Lipinski definition) is 2. The SMILES string of the molecule is CCNC(=O)N1CCCC1C1CCN(C2CC3(CC(C(=O)OCC)CN3)C2)CC1. The minimum Gasteiger partial charge on any atom is -0.466 e. The van der Waals surface area contributed by atoms with Gasteiger partial charge in [0, 0.05) is 37.3 Å². The van der Waals surface area contributed by atoms with Crippen molar-refractivity contribution in [1.29, 1.82) is 0 Å². The molecule has 7 nitrogen and oxygen atoms in total. The Labute approximate surface area is 174 Å². The number of carbonyl (C=O) groups is 2. The minimum atomic E-state index is -0.0330. The smallest absolute Gasteiger partial charge is 0.317 e. The van der Waals surface area contributed by atoms with Crippen LogP contribution in [-0.4, -0.2) is 78.8 Å². The molecule has 2 unspecified atom stereocenters. The zero-order chi connectivity index (χ0) is 20.4. The Morgan fingerprint density at radius 1 is 1.10 bits per heavy atom. The molecule has 0 radical (unpaired) electrons. The predicted molar refractivity (Wildman–Crippen MR) is 112 cm³/mol. The van der Waals surface area contributed by atoms with E-state index in [-0.39, 0.29) is 23.5 Å². The van der Waals surface area contributed by atoms with Crippen LogP contribution in [0.5, 0.6) is 0 Å². The summed E-state index contributed by atoms with van der Waals surface area (Å²) >= 11 is 0. The number of likely N-dealkylation sites (tertiary alicyclic amines) is 2. The van der Waals surface area contributed by atoms with E-state index in [1.165, 1.54) is 12.8 Å². The highest BCUT2D eigenvalue weighted by molar-refractivity contribution is 5.75. The Hall–Kier alpha value is -1.34. The highest BCUT2D eigenvalue weighted by Gasteiger charge is 2.52. The molecular formula is C22H38N4O3. The molecular weight excluding hydrogens is 368 g/mol. The van der Waals surface area contributed by atoms with E-state index < -0.39 is 0 Å². The van der Waals surface area contributed by atoms with Gasteiger partial charge in [0.1, 0.15) is 0 Å². The van der Waals surface area contributed by atoms with Gasteiger partial charge < -0.3 is 25.2 Å². The molecule has 0 aromatic carbocycles. The van der Waals surface area contributed by atoms with E-state index in [2.05, 4.69) is 20.4 Å². The Morgan fingerprint density at radius 2 is 1.86 bits per heavy atom. The molecule has 3 heterocycles. The summed E-state index contributed by atoms with van der Waals surface area (Å²) in [4.78, 5) is 29.1. The number of rotatable bonds is 5. The third kappa shape index (κ3) is 4.26. The van der Waals surface area contributed by atoms with Crippen LogP contribution in [-0.2, 0) is 9.53 Å².